The van der Waals surface area contributed by atoms with Crippen LogP contribution in [0.5, 0.6) is 0 Å². The lowest BCUT2D eigenvalue weighted by atomic mass is 10.1. The molecule has 0 bridgehead atoms. The molecule has 1 aromatic heterocycles. The zero-order chi connectivity index (χ0) is 16.4. The van der Waals surface area contributed by atoms with Crippen molar-refractivity contribution >= 4 is 34.2 Å². The van der Waals surface area contributed by atoms with Gasteiger partial charge in [-0.2, -0.15) is 0 Å². The summed E-state index contributed by atoms with van der Waals surface area (Å²) in [4.78, 5) is 27.1. The van der Waals surface area contributed by atoms with Crippen LogP contribution >= 0.6 is 0 Å². The molecule has 6 nitrogen and oxygen atoms in total. The number of aromatic nitrogens is 1. The molecule has 0 radical (unpaired) electrons. The van der Waals surface area contributed by atoms with E-state index in [1.807, 2.05) is 30.3 Å². The van der Waals surface area contributed by atoms with E-state index in [1.165, 1.54) is 18.3 Å². The van der Waals surface area contributed by atoms with Gasteiger partial charge < -0.3 is 16.2 Å². The topological polar surface area (TPSA) is 105 Å². The summed E-state index contributed by atoms with van der Waals surface area (Å²) >= 11 is 0. The van der Waals surface area contributed by atoms with Gasteiger partial charge >= 0.3 is 5.97 Å². The number of carbonyl (C=O) groups excluding carboxylic acids is 1. The molecule has 0 spiro atoms. The predicted octanol–water partition coefficient (Wildman–Crippen LogP) is 2.78. The highest BCUT2D eigenvalue weighted by atomic mass is 16.4. The molecule has 114 valence electrons. The monoisotopic (exact) mass is 307 g/mol. The Kier molecular flexibility index (Phi) is 3.64. The highest BCUT2D eigenvalue weighted by Crippen LogP contribution is 2.29. The zero-order valence-corrected chi connectivity index (χ0v) is 12.0. The number of carboxylic acids is 1. The molecule has 0 fully saturated rings. The molecule has 3 aromatic rings. The Labute approximate surface area is 131 Å². The van der Waals surface area contributed by atoms with E-state index in [1.54, 1.807) is 6.07 Å². The molecule has 3 rings (SSSR count). The first-order valence-corrected chi connectivity index (χ1v) is 6.84. The first kappa shape index (κ1) is 14.5. The predicted molar refractivity (Wildman–Crippen MR) is 86.9 cm³/mol. The lowest BCUT2D eigenvalue weighted by Crippen LogP contribution is -2.14. The number of amides is 1. The fourth-order valence-electron chi connectivity index (χ4n) is 2.31. The maximum Gasteiger partial charge on any atom is 0.335 e. The second-order valence-corrected chi connectivity index (χ2v) is 4.94. The molecule has 23 heavy (non-hydrogen) atoms. The smallest absolute Gasteiger partial charge is 0.335 e. The number of pyridine rings is 1. The van der Waals surface area contributed by atoms with E-state index in [0.29, 0.717) is 16.6 Å². The van der Waals surface area contributed by atoms with E-state index in [2.05, 4.69) is 10.3 Å². The van der Waals surface area contributed by atoms with Gasteiger partial charge in [-0.25, -0.2) is 4.79 Å². The first-order valence-electron chi connectivity index (χ1n) is 6.84. The molecule has 0 aliphatic carbocycles. The summed E-state index contributed by atoms with van der Waals surface area (Å²) in [5.41, 5.74) is 7.49. The van der Waals surface area contributed by atoms with Gasteiger partial charge in [0.1, 0.15) is 0 Å². The van der Waals surface area contributed by atoms with Gasteiger partial charge in [-0.05, 0) is 30.3 Å². The van der Waals surface area contributed by atoms with Crippen LogP contribution in [0.1, 0.15) is 20.7 Å². The Morgan fingerprint density at radius 2 is 1.83 bits per heavy atom. The molecule has 0 atom stereocenters. The number of primary amides is 1. The summed E-state index contributed by atoms with van der Waals surface area (Å²) in [5, 5.41) is 12.8. The van der Waals surface area contributed by atoms with Gasteiger partial charge in [-0.15, -0.1) is 0 Å². The normalized spacial score (nSPS) is 10.4. The molecule has 0 unspecified atom stereocenters. The zero-order valence-electron chi connectivity index (χ0n) is 12.0. The number of fused-ring (bicyclic) bond motifs is 1. The number of anilines is 2. The fourth-order valence-corrected chi connectivity index (χ4v) is 2.31. The molecule has 1 amide bonds. The number of hydrogen-bond acceptors (Lipinski definition) is 4. The van der Waals surface area contributed by atoms with Crippen LogP contribution in [0.15, 0.2) is 54.7 Å². The van der Waals surface area contributed by atoms with Crippen LogP contribution in [-0.2, 0) is 0 Å². The standard InChI is InChI=1S/C17H13N3O3/c18-16(21)13-9-19-14-7-6-10(17(22)23)8-12(14)15(13)20-11-4-2-1-3-5-11/h1-9H,(H2,18,21)(H,19,20)(H,22,23). The lowest BCUT2D eigenvalue weighted by Gasteiger charge is -2.13. The number of nitrogens with one attached hydrogen (secondary N) is 1. The van der Waals surface area contributed by atoms with Crippen LogP contribution < -0.4 is 11.1 Å². The van der Waals surface area contributed by atoms with Crippen molar-refractivity contribution in [3.05, 3.63) is 65.9 Å². The Morgan fingerprint density at radius 1 is 1.09 bits per heavy atom. The Balaban J connectivity index is 2.25. The quantitative estimate of drug-likeness (QED) is 0.687. The maximum atomic E-state index is 11.7. The van der Waals surface area contributed by atoms with Crippen LogP contribution in [0.3, 0.4) is 0 Å². The van der Waals surface area contributed by atoms with Crippen molar-refractivity contribution in [2.45, 2.75) is 0 Å². The van der Waals surface area contributed by atoms with E-state index in [-0.39, 0.29) is 11.1 Å². The molecule has 0 saturated carbocycles. The highest BCUT2D eigenvalue weighted by molar-refractivity contribution is 6.08. The summed E-state index contributed by atoms with van der Waals surface area (Å²) in [5.74, 6) is -1.69. The Morgan fingerprint density at radius 3 is 2.48 bits per heavy atom. The van der Waals surface area contributed by atoms with Gasteiger partial charge in [0.15, 0.2) is 0 Å². The molecular formula is C17H13N3O3. The average Bonchev–Trinajstić information content (AvgIpc) is 2.55. The Bertz CT molecular complexity index is 902. The number of para-hydroxylation sites is 1. The van der Waals surface area contributed by atoms with E-state index < -0.39 is 11.9 Å². The molecule has 2 aromatic carbocycles. The molecule has 0 aliphatic rings. The van der Waals surface area contributed by atoms with Crippen molar-refractivity contribution < 1.29 is 14.7 Å². The molecule has 0 saturated heterocycles. The molecule has 4 N–H and O–H groups in total. The SMILES string of the molecule is NC(=O)c1cnc2ccc(C(=O)O)cc2c1Nc1ccccc1. The van der Waals surface area contributed by atoms with Crippen LogP contribution in [0.25, 0.3) is 10.9 Å². The van der Waals surface area contributed by atoms with Gasteiger partial charge in [0.25, 0.3) is 5.91 Å². The van der Waals surface area contributed by atoms with Gasteiger partial charge in [-0.1, -0.05) is 18.2 Å². The number of rotatable bonds is 4. The largest absolute Gasteiger partial charge is 0.478 e. The van der Waals surface area contributed by atoms with Crippen LogP contribution in [0.4, 0.5) is 11.4 Å². The van der Waals surface area contributed by atoms with Crippen molar-refractivity contribution in [3.63, 3.8) is 0 Å². The van der Waals surface area contributed by atoms with Crippen LogP contribution in [0, 0.1) is 0 Å². The summed E-state index contributed by atoms with van der Waals surface area (Å²) < 4.78 is 0. The van der Waals surface area contributed by atoms with Crippen molar-refractivity contribution in [3.8, 4) is 0 Å². The number of aromatic carboxylic acids is 1. The second kappa shape index (κ2) is 5.76. The number of nitrogens with zero attached hydrogens (tertiary/aromatic N) is 1. The van der Waals surface area contributed by atoms with E-state index >= 15 is 0 Å². The van der Waals surface area contributed by atoms with Gasteiger partial charge in [0, 0.05) is 17.3 Å². The third kappa shape index (κ3) is 2.82. The van der Waals surface area contributed by atoms with E-state index in [0.717, 1.165) is 5.69 Å². The Hall–Kier alpha value is -3.41. The minimum Gasteiger partial charge on any atom is -0.478 e. The number of carbonyl (C=O) groups is 2. The van der Waals surface area contributed by atoms with Crippen molar-refractivity contribution in [1.82, 2.24) is 4.98 Å². The van der Waals surface area contributed by atoms with Crippen LogP contribution in [-0.4, -0.2) is 22.0 Å². The van der Waals surface area contributed by atoms with Gasteiger partial charge in [-0.3, -0.25) is 9.78 Å². The summed E-state index contributed by atoms with van der Waals surface area (Å²) in [6.07, 6.45) is 1.39. The third-order valence-electron chi connectivity index (χ3n) is 3.42. The van der Waals surface area contributed by atoms with Gasteiger partial charge in [0.05, 0.1) is 22.3 Å². The molecular weight excluding hydrogens is 294 g/mol. The van der Waals surface area contributed by atoms with Crippen LogP contribution in [0.2, 0.25) is 0 Å². The molecule has 0 aliphatic heterocycles. The maximum absolute atomic E-state index is 11.7. The second-order valence-electron chi connectivity index (χ2n) is 4.94. The van der Waals surface area contributed by atoms with E-state index in [9.17, 15) is 14.7 Å². The molecule has 6 heteroatoms. The van der Waals surface area contributed by atoms with Crippen molar-refractivity contribution in [2.24, 2.45) is 5.73 Å². The summed E-state index contributed by atoms with van der Waals surface area (Å²) in [7, 11) is 0. The highest BCUT2D eigenvalue weighted by Gasteiger charge is 2.15. The third-order valence-corrected chi connectivity index (χ3v) is 3.42. The number of carboxylic acid groups (broad SMARTS) is 1. The molecule has 1 heterocycles. The lowest BCUT2D eigenvalue weighted by molar-refractivity contribution is 0.0697. The minimum atomic E-state index is -1.05. The average molecular weight is 307 g/mol. The van der Waals surface area contributed by atoms with E-state index in [4.69, 9.17) is 5.73 Å². The first-order chi connectivity index (χ1) is 11.1. The number of hydrogen-bond donors (Lipinski definition) is 3. The van der Waals surface area contributed by atoms with Crippen molar-refractivity contribution in [1.29, 1.82) is 0 Å². The fraction of sp³-hybridized carbons (Fsp3) is 0. The van der Waals surface area contributed by atoms with Gasteiger partial charge in [0.2, 0.25) is 0 Å². The number of nitrogens with two attached hydrogens (primary N) is 1. The minimum absolute atomic E-state index is 0.108. The van der Waals surface area contributed by atoms with Crippen molar-refractivity contribution in [2.75, 3.05) is 5.32 Å². The number of benzene rings is 2. The summed E-state index contributed by atoms with van der Waals surface area (Å²) in [6.45, 7) is 0. The summed E-state index contributed by atoms with van der Waals surface area (Å²) in [6, 6.07) is 13.8.